The van der Waals surface area contributed by atoms with Gasteiger partial charge in [-0.1, -0.05) is 29.4 Å². The highest BCUT2D eigenvalue weighted by Gasteiger charge is 2.30. The maximum absolute atomic E-state index is 5.80. The van der Waals surface area contributed by atoms with E-state index in [-0.39, 0.29) is 12.1 Å². The van der Waals surface area contributed by atoms with E-state index in [1.807, 2.05) is 18.2 Å². The van der Waals surface area contributed by atoms with Gasteiger partial charge in [0.05, 0.1) is 12.2 Å². The Hall–Kier alpha value is -2.51. The number of rotatable bonds is 6. The van der Waals surface area contributed by atoms with Crippen molar-refractivity contribution in [2.24, 2.45) is 0 Å². The van der Waals surface area contributed by atoms with Crippen molar-refractivity contribution in [2.45, 2.75) is 38.5 Å². The molecule has 0 saturated carbocycles. The monoisotopic (exact) mass is 339 g/mol. The molecule has 4 rings (SSSR count). The van der Waals surface area contributed by atoms with E-state index in [0.717, 1.165) is 18.7 Å². The molecule has 7 heteroatoms. The van der Waals surface area contributed by atoms with Crippen molar-refractivity contribution >= 4 is 0 Å². The molecule has 25 heavy (non-hydrogen) atoms. The third-order valence-corrected chi connectivity index (χ3v) is 4.56. The second-order valence-electron chi connectivity index (χ2n) is 6.29. The van der Waals surface area contributed by atoms with Gasteiger partial charge in [-0.25, -0.2) is 0 Å². The minimum Gasteiger partial charge on any atom is -0.370 e. The van der Waals surface area contributed by atoms with Gasteiger partial charge >= 0.3 is 0 Å². The van der Waals surface area contributed by atoms with Gasteiger partial charge in [0.1, 0.15) is 6.10 Å². The predicted octanol–water partition coefficient (Wildman–Crippen LogP) is 2.31. The maximum Gasteiger partial charge on any atom is 0.240 e. The van der Waals surface area contributed by atoms with E-state index in [9.17, 15) is 0 Å². The summed E-state index contributed by atoms with van der Waals surface area (Å²) in [5.41, 5.74) is 3.43. The van der Waals surface area contributed by atoms with Crippen LogP contribution in [-0.2, 0) is 17.7 Å². The zero-order chi connectivity index (χ0) is 17.1. The van der Waals surface area contributed by atoms with Crippen LogP contribution in [0.4, 0.5) is 0 Å². The fourth-order valence-corrected chi connectivity index (χ4v) is 3.16. The number of H-pyrrole nitrogens is 1. The van der Waals surface area contributed by atoms with Crippen molar-refractivity contribution in [2.75, 3.05) is 6.61 Å². The van der Waals surface area contributed by atoms with Crippen LogP contribution in [0.15, 0.2) is 41.1 Å². The Kier molecular flexibility index (Phi) is 4.58. The van der Waals surface area contributed by atoms with Crippen molar-refractivity contribution in [1.82, 2.24) is 25.7 Å². The van der Waals surface area contributed by atoms with Crippen LogP contribution in [0.25, 0.3) is 0 Å². The third-order valence-electron chi connectivity index (χ3n) is 4.56. The smallest absolute Gasteiger partial charge is 0.240 e. The second-order valence-corrected chi connectivity index (χ2v) is 6.29. The predicted molar refractivity (Wildman–Crippen MR) is 90.8 cm³/mol. The van der Waals surface area contributed by atoms with Crippen molar-refractivity contribution in [3.05, 3.63) is 65.1 Å². The van der Waals surface area contributed by atoms with Crippen LogP contribution in [-0.4, -0.2) is 33.0 Å². The Morgan fingerprint density at radius 3 is 3.04 bits per heavy atom. The third kappa shape index (κ3) is 3.62. The zero-order valence-corrected chi connectivity index (χ0v) is 14.1. The zero-order valence-electron chi connectivity index (χ0n) is 14.1. The number of nitrogens with one attached hydrogen (secondary N) is 2. The first kappa shape index (κ1) is 16.0. The molecular weight excluding hydrogens is 318 g/mol. The Morgan fingerprint density at radius 2 is 2.20 bits per heavy atom. The standard InChI is InChI=1S/C18H21N5O2/c1-12-4-2-3-5-13(12)10-16-21-17(25-23-16)11-19-14-7-9-24-18(14)15-6-8-20-22-15/h2-6,8,14,18-19H,7,9-11H2,1H3,(H,20,22)/t14-,18-/m0/s1. The number of nitrogens with zero attached hydrogens (tertiary/aromatic N) is 3. The van der Waals surface area contributed by atoms with Gasteiger partial charge in [0.15, 0.2) is 5.82 Å². The molecule has 3 heterocycles. The SMILES string of the molecule is Cc1ccccc1Cc1noc(CN[C@H]2CCO[C@@H]2c2ccn[nH]2)n1. The summed E-state index contributed by atoms with van der Waals surface area (Å²) in [5, 5.41) is 14.5. The lowest BCUT2D eigenvalue weighted by atomic mass is 10.1. The largest absolute Gasteiger partial charge is 0.370 e. The molecule has 1 saturated heterocycles. The topological polar surface area (TPSA) is 88.9 Å². The summed E-state index contributed by atoms with van der Waals surface area (Å²) in [6, 6.07) is 10.4. The minimum absolute atomic E-state index is 0.0168. The normalized spacial score (nSPS) is 20.2. The fourth-order valence-electron chi connectivity index (χ4n) is 3.16. The summed E-state index contributed by atoms with van der Waals surface area (Å²) >= 11 is 0. The summed E-state index contributed by atoms with van der Waals surface area (Å²) in [7, 11) is 0. The number of benzene rings is 1. The van der Waals surface area contributed by atoms with Crippen LogP contribution >= 0.6 is 0 Å². The molecule has 130 valence electrons. The van der Waals surface area contributed by atoms with Crippen LogP contribution in [0.1, 0.15) is 41.1 Å². The maximum atomic E-state index is 5.80. The lowest BCUT2D eigenvalue weighted by molar-refractivity contribution is 0.0944. The fraction of sp³-hybridized carbons (Fsp3) is 0.389. The number of aryl methyl sites for hydroxylation is 1. The van der Waals surface area contributed by atoms with E-state index in [4.69, 9.17) is 9.26 Å². The Morgan fingerprint density at radius 1 is 1.28 bits per heavy atom. The van der Waals surface area contributed by atoms with Crippen LogP contribution < -0.4 is 5.32 Å². The Balaban J connectivity index is 1.36. The van der Waals surface area contributed by atoms with Crippen molar-refractivity contribution in [3.63, 3.8) is 0 Å². The molecule has 0 radical (unpaired) electrons. The summed E-state index contributed by atoms with van der Waals surface area (Å²) in [4.78, 5) is 4.49. The average molecular weight is 339 g/mol. The average Bonchev–Trinajstić information content (AvgIpc) is 3.36. The van der Waals surface area contributed by atoms with Gasteiger partial charge in [0.2, 0.25) is 5.89 Å². The molecule has 0 unspecified atom stereocenters. The van der Waals surface area contributed by atoms with Gasteiger partial charge in [-0.05, 0) is 30.5 Å². The highest BCUT2D eigenvalue weighted by atomic mass is 16.5. The first-order valence-corrected chi connectivity index (χ1v) is 8.50. The van der Waals surface area contributed by atoms with E-state index in [1.165, 1.54) is 11.1 Å². The summed E-state index contributed by atoms with van der Waals surface area (Å²) < 4.78 is 11.2. The number of hydrogen-bond donors (Lipinski definition) is 2. The van der Waals surface area contributed by atoms with Crippen LogP contribution in [0, 0.1) is 6.92 Å². The Labute approximate surface area is 145 Å². The van der Waals surface area contributed by atoms with Crippen molar-refractivity contribution in [3.8, 4) is 0 Å². The van der Waals surface area contributed by atoms with Gasteiger partial charge in [0.25, 0.3) is 0 Å². The van der Waals surface area contributed by atoms with Gasteiger partial charge in [-0.2, -0.15) is 10.1 Å². The molecule has 2 aromatic heterocycles. The summed E-state index contributed by atoms with van der Waals surface area (Å²) in [6.45, 7) is 3.34. The molecule has 3 aromatic rings. The highest BCUT2D eigenvalue weighted by molar-refractivity contribution is 5.27. The molecular formula is C18H21N5O2. The van der Waals surface area contributed by atoms with Crippen molar-refractivity contribution in [1.29, 1.82) is 0 Å². The van der Waals surface area contributed by atoms with E-state index >= 15 is 0 Å². The Bertz CT molecular complexity index is 815. The van der Waals surface area contributed by atoms with Crippen LogP contribution in [0.5, 0.6) is 0 Å². The van der Waals surface area contributed by atoms with Gasteiger partial charge < -0.3 is 14.6 Å². The molecule has 0 spiro atoms. The van der Waals surface area contributed by atoms with Crippen molar-refractivity contribution < 1.29 is 9.26 Å². The molecule has 0 bridgehead atoms. The van der Waals surface area contributed by atoms with Crippen LogP contribution in [0.3, 0.4) is 0 Å². The lowest BCUT2D eigenvalue weighted by Crippen LogP contribution is -2.31. The first-order valence-electron chi connectivity index (χ1n) is 8.50. The van der Waals surface area contributed by atoms with E-state index < -0.39 is 0 Å². The molecule has 0 amide bonds. The summed E-state index contributed by atoms with van der Waals surface area (Å²) in [5.74, 6) is 1.30. The molecule has 1 aromatic carbocycles. The molecule has 1 aliphatic rings. The molecule has 2 atom stereocenters. The van der Waals surface area contributed by atoms with E-state index in [1.54, 1.807) is 6.20 Å². The summed E-state index contributed by atoms with van der Waals surface area (Å²) in [6.07, 6.45) is 3.34. The van der Waals surface area contributed by atoms with Gasteiger partial charge in [-0.15, -0.1) is 0 Å². The first-order chi connectivity index (χ1) is 12.3. The molecule has 2 N–H and O–H groups in total. The number of aromatic amines is 1. The highest BCUT2D eigenvalue weighted by Crippen LogP contribution is 2.27. The molecule has 1 aliphatic heterocycles. The second kappa shape index (κ2) is 7.16. The lowest BCUT2D eigenvalue weighted by Gasteiger charge is -2.17. The van der Waals surface area contributed by atoms with Gasteiger partial charge in [-0.3, -0.25) is 5.10 Å². The molecule has 7 nitrogen and oxygen atoms in total. The number of hydrogen-bond acceptors (Lipinski definition) is 6. The number of aromatic nitrogens is 4. The van der Waals surface area contributed by atoms with E-state index in [0.29, 0.717) is 24.7 Å². The van der Waals surface area contributed by atoms with Crippen LogP contribution in [0.2, 0.25) is 0 Å². The van der Waals surface area contributed by atoms with Gasteiger partial charge in [0, 0.05) is 25.3 Å². The minimum atomic E-state index is -0.0168. The number of ether oxygens (including phenoxy) is 1. The quantitative estimate of drug-likeness (QED) is 0.716. The van der Waals surface area contributed by atoms with E-state index in [2.05, 4.69) is 44.7 Å². The molecule has 1 fully saturated rings. The molecule has 0 aliphatic carbocycles.